The van der Waals surface area contributed by atoms with Crippen LogP contribution in [0.3, 0.4) is 0 Å². The van der Waals surface area contributed by atoms with E-state index in [1.54, 1.807) is 59.7 Å². The van der Waals surface area contributed by atoms with Crippen molar-refractivity contribution in [3.8, 4) is 17.5 Å². The number of pyridine rings is 1. The molecule has 1 aromatic carbocycles. The van der Waals surface area contributed by atoms with Gasteiger partial charge in [-0.1, -0.05) is 12.0 Å². The Balaban J connectivity index is 1.69. The third kappa shape index (κ3) is 4.50. The zero-order valence-corrected chi connectivity index (χ0v) is 17.5. The zero-order valence-electron chi connectivity index (χ0n) is 16.7. The topological polar surface area (TPSA) is 105 Å². The van der Waals surface area contributed by atoms with E-state index in [1.807, 2.05) is 6.07 Å². The molecule has 0 aliphatic carbocycles. The number of hydrogen-bond acceptors (Lipinski definition) is 6. The van der Waals surface area contributed by atoms with Crippen LogP contribution in [0.25, 0.3) is 5.69 Å². The van der Waals surface area contributed by atoms with Crippen molar-refractivity contribution in [2.75, 3.05) is 18.6 Å². The van der Waals surface area contributed by atoms with Crippen LogP contribution in [0.5, 0.6) is 0 Å². The van der Waals surface area contributed by atoms with E-state index in [9.17, 15) is 18.3 Å². The summed E-state index contributed by atoms with van der Waals surface area (Å²) in [5, 5.41) is 14.3. The normalized spacial score (nSPS) is 19.4. The highest BCUT2D eigenvalue weighted by atomic mass is 32.2. The third-order valence-corrected chi connectivity index (χ3v) is 6.79. The summed E-state index contributed by atoms with van der Waals surface area (Å²) in [5.74, 6) is 5.05. The molecule has 0 spiro atoms. The number of aliphatic hydroxyl groups excluding tert-OH is 1. The van der Waals surface area contributed by atoms with Crippen LogP contribution < -0.4 is 0 Å². The number of benzene rings is 1. The van der Waals surface area contributed by atoms with E-state index in [4.69, 9.17) is 0 Å². The second kappa shape index (κ2) is 8.34. The molecule has 31 heavy (non-hydrogen) atoms. The highest BCUT2D eigenvalue weighted by Gasteiger charge is 2.40. The van der Waals surface area contributed by atoms with Crippen LogP contribution in [0.4, 0.5) is 0 Å². The van der Waals surface area contributed by atoms with E-state index in [-0.39, 0.29) is 11.5 Å². The van der Waals surface area contributed by atoms with Gasteiger partial charge in [0.05, 0.1) is 34.9 Å². The van der Waals surface area contributed by atoms with Crippen LogP contribution in [0.2, 0.25) is 0 Å². The van der Waals surface area contributed by atoms with Crippen molar-refractivity contribution < 1.29 is 18.3 Å². The molecule has 1 fully saturated rings. The largest absolute Gasteiger partial charge is 0.390 e. The summed E-state index contributed by atoms with van der Waals surface area (Å²) in [6, 6.07) is 11.4. The number of carbonyl (C=O) groups is 1. The van der Waals surface area contributed by atoms with Crippen molar-refractivity contribution in [3.05, 3.63) is 77.9 Å². The Morgan fingerprint density at radius 1 is 1.16 bits per heavy atom. The second-order valence-corrected chi connectivity index (χ2v) is 9.43. The minimum absolute atomic E-state index is 0.256. The average Bonchev–Trinajstić information content (AvgIpc) is 3.39. The maximum atomic E-state index is 13.0. The number of aromatic nitrogens is 3. The molecule has 0 bridgehead atoms. The quantitative estimate of drug-likeness (QED) is 0.612. The molecule has 1 aliphatic rings. The molecule has 3 aromatic rings. The monoisotopic (exact) mass is 436 g/mol. The van der Waals surface area contributed by atoms with Gasteiger partial charge in [-0.25, -0.2) is 18.1 Å². The number of carbonyl (C=O) groups excluding carboxylic acids is 1. The van der Waals surface area contributed by atoms with Crippen molar-refractivity contribution in [3.63, 3.8) is 0 Å². The molecule has 1 amide bonds. The summed E-state index contributed by atoms with van der Waals surface area (Å²) in [4.78, 5) is 18.5. The van der Waals surface area contributed by atoms with Gasteiger partial charge in [-0.2, -0.15) is 5.10 Å². The van der Waals surface area contributed by atoms with Crippen molar-refractivity contribution >= 4 is 15.7 Å². The third-order valence-electron chi connectivity index (χ3n) is 5.10. The van der Waals surface area contributed by atoms with Crippen LogP contribution in [0.15, 0.2) is 61.1 Å². The van der Waals surface area contributed by atoms with Gasteiger partial charge in [-0.3, -0.25) is 4.79 Å². The van der Waals surface area contributed by atoms with Crippen LogP contribution in [0.1, 0.15) is 21.6 Å². The smallest absolute Gasteiger partial charge is 0.254 e. The predicted octanol–water partition coefficient (Wildman–Crippen LogP) is 0.897. The Morgan fingerprint density at radius 2 is 2.00 bits per heavy atom. The van der Waals surface area contributed by atoms with Crippen LogP contribution >= 0.6 is 0 Å². The molecule has 0 unspecified atom stereocenters. The van der Waals surface area contributed by atoms with E-state index >= 15 is 0 Å². The van der Waals surface area contributed by atoms with Crippen molar-refractivity contribution in [2.24, 2.45) is 0 Å². The molecule has 4 rings (SSSR count). The molecule has 1 N–H and O–H groups in total. The first-order valence-corrected chi connectivity index (χ1v) is 11.4. The van der Waals surface area contributed by atoms with Crippen LogP contribution in [0, 0.1) is 11.8 Å². The van der Waals surface area contributed by atoms with Gasteiger partial charge in [0.15, 0.2) is 9.84 Å². The van der Waals surface area contributed by atoms with Gasteiger partial charge in [0.25, 0.3) is 5.91 Å². The summed E-state index contributed by atoms with van der Waals surface area (Å²) < 4.78 is 25.3. The summed E-state index contributed by atoms with van der Waals surface area (Å²) >= 11 is 0. The molecule has 3 heterocycles. The van der Waals surface area contributed by atoms with Gasteiger partial charge in [-0.15, -0.1) is 0 Å². The van der Waals surface area contributed by atoms with E-state index in [0.717, 1.165) is 0 Å². The summed E-state index contributed by atoms with van der Waals surface area (Å²) in [6.07, 6.45) is 3.96. The molecule has 0 radical (unpaired) electrons. The van der Waals surface area contributed by atoms with Gasteiger partial charge < -0.3 is 10.0 Å². The Kier molecular flexibility index (Phi) is 5.59. The molecule has 0 saturated carbocycles. The first-order valence-electron chi connectivity index (χ1n) is 9.57. The maximum Gasteiger partial charge on any atom is 0.254 e. The predicted molar refractivity (Wildman–Crippen MR) is 114 cm³/mol. The molecule has 2 aromatic heterocycles. The summed E-state index contributed by atoms with van der Waals surface area (Å²) in [6.45, 7) is 0. The van der Waals surface area contributed by atoms with Gasteiger partial charge in [-0.05, 0) is 42.3 Å². The van der Waals surface area contributed by atoms with Gasteiger partial charge >= 0.3 is 0 Å². The van der Waals surface area contributed by atoms with E-state index in [1.165, 1.54) is 11.9 Å². The molecule has 1 saturated heterocycles. The number of nitrogens with zero attached hydrogens (tertiary/aromatic N) is 4. The number of rotatable bonds is 3. The minimum atomic E-state index is -3.37. The Bertz CT molecular complexity index is 1260. The van der Waals surface area contributed by atoms with Crippen molar-refractivity contribution in [1.82, 2.24) is 19.7 Å². The standard InChI is InChI=1S/C22H20N4O4S/c1-25(20-14-31(29,30)15-21(20)27)22(28)17-7-9-19(26-12-4-11-24-26)16(13-17)6-8-18-5-2-3-10-23-18/h2-5,7,9-13,20-21,27H,14-15H2,1H3/t20-,21+/m1/s1. The first-order chi connectivity index (χ1) is 14.8. The van der Waals surface area contributed by atoms with Crippen molar-refractivity contribution in [1.29, 1.82) is 0 Å². The fraction of sp³-hybridized carbons (Fsp3) is 0.227. The SMILES string of the molecule is CN(C(=O)c1ccc(-n2cccn2)c(C#Cc2ccccn2)c1)[C@@H]1CS(=O)(=O)C[C@@H]1O. The fourth-order valence-electron chi connectivity index (χ4n) is 3.48. The molecular formula is C22H20N4O4S. The first kappa shape index (κ1) is 20.8. The maximum absolute atomic E-state index is 13.0. The number of aliphatic hydroxyl groups is 1. The number of amides is 1. The Morgan fingerprint density at radius 3 is 2.65 bits per heavy atom. The lowest BCUT2D eigenvalue weighted by Crippen LogP contribution is -2.44. The Hall–Kier alpha value is -3.48. The summed E-state index contributed by atoms with van der Waals surface area (Å²) in [7, 11) is -1.88. The van der Waals surface area contributed by atoms with E-state index < -0.39 is 27.9 Å². The average molecular weight is 436 g/mol. The van der Waals surface area contributed by atoms with Crippen LogP contribution in [-0.2, 0) is 9.84 Å². The highest BCUT2D eigenvalue weighted by Crippen LogP contribution is 2.21. The number of likely N-dealkylation sites (N-methyl/N-ethyl adjacent to an activating group) is 1. The lowest BCUT2D eigenvalue weighted by Gasteiger charge is -2.26. The molecular weight excluding hydrogens is 416 g/mol. The molecule has 2 atom stereocenters. The zero-order chi connectivity index (χ0) is 22.0. The second-order valence-electron chi connectivity index (χ2n) is 7.28. The fourth-order valence-corrected chi connectivity index (χ4v) is 5.33. The molecule has 158 valence electrons. The molecule has 9 heteroatoms. The van der Waals surface area contributed by atoms with Gasteiger partial charge in [0.1, 0.15) is 5.69 Å². The molecule has 8 nitrogen and oxygen atoms in total. The number of hydrogen-bond donors (Lipinski definition) is 1. The van der Waals surface area contributed by atoms with Crippen LogP contribution in [-0.4, -0.2) is 69.8 Å². The number of sulfone groups is 1. The lowest BCUT2D eigenvalue weighted by molar-refractivity contribution is 0.0581. The highest BCUT2D eigenvalue weighted by molar-refractivity contribution is 7.91. The minimum Gasteiger partial charge on any atom is -0.390 e. The van der Waals surface area contributed by atoms with E-state index in [2.05, 4.69) is 21.9 Å². The van der Waals surface area contributed by atoms with Crippen molar-refractivity contribution in [2.45, 2.75) is 12.1 Å². The molecule has 1 aliphatic heterocycles. The van der Waals surface area contributed by atoms with Gasteiger partial charge in [0.2, 0.25) is 0 Å². The lowest BCUT2D eigenvalue weighted by atomic mass is 10.1. The Labute approximate surface area is 180 Å². The van der Waals surface area contributed by atoms with E-state index in [0.29, 0.717) is 22.5 Å². The van der Waals surface area contributed by atoms with Gasteiger partial charge in [0, 0.05) is 31.2 Å². The summed E-state index contributed by atoms with van der Waals surface area (Å²) in [5.41, 5.74) is 2.17.